The van der Waals surface area contributed by atoms with Gasteiger partial charge in [-0.15, -0.1) is 0 Å². The summed E-state index contributed by atoms with van der Waals surface area (Å²) in [4.78, 5) is 12.4. The van der Waals surface area contributed by atoms with Crippen LogP contribution in [0.25, 0.3) is 6.08 Å². The topological polar surface area (TPSA) is 43.1 Å². The van der Waals surface area contributed by atoms with Gasteiger partial charge in [-0.1, -0.05) is 22.0 Å². The predicted octanol–water partition coefficient (Wildman–Crippen LogP) is 2.60. The molecule has 1 aromatic rings. The Bertz CT molecular complexity index is 401. The summed E-state index contributed by atoms with van der Waals surface area (Å²) in [5, 5.41) is 0. The molecule has 2 nitrogen and oxygen atoms in total. The molecule has 0 radical (unpaired) electrons. The molecule has 0 aliphatic carbocycles. The molecule has 0 heterocycles. The van der Waals surface area contributed by atoms with Crippen LogP contribution in [0.3, 0.4) is 0 Å². The van der Waals surface area contributed by atoms with Gasteiger partial charge in [0.1, 0.15) is 5.82 Å². The van der Waals surface area contributed by atoms with Gasteiger partial charge in [0.2, 0.25) is 0 Å². The van der Waals surface area contributed by atoms with Crippen molar-refractivity contribution in [1.29, 1.82) is 0 Å². The molecule has 2 N–H and O–H groups in total. The van der Waals surface area contributed by atoms with E-state index < -0.39 is 11.7 Å². The smallest absolute Gasteiger partial charge is 0.251 e. The first-order chi connectivity index (χ1) is 6.57. The number of hydrogen-bond donors (Lipinski definition) is 1. The van der Waals surface area contributed by atoms with Crippen LogP contribution in [0.5, 0.6) is 0 Å². The minimum atomic E-state index is -0.750. The first-order valence-electron chi connectivity index (χ1n) is 3.93. The lowest BCUT2D eigenvalue weighted by atomic mass is 10.0. The molecule has 0 spiro atoms. The fourth-order valence-corrected chi connectivity index (χ4v) is 1.42. The highest BCUT2D eigenvalue weighted by Gasteiger charge is 2.11. The van der Waals surface area contributed by atoms with Gasteiger partial charge in [0.15, 0.2) is 0 Å². The normalized spacial score (nSPS) is 10.8. The Balaban J connectivity index is 3.33. The van der Waals surface area contributed by atoms with E-state index >= 15 is 0 Å². The third-order valence-corrected chi connectivity index (χ3v) is 2.20. The lowest BCUT2D eigenvalue weighted by molar-refractivity contribution is 0.0996. The van der Waals surface area contributed by atoms with Crippen LogP contribution in [0.2, 0.25) is 0 Å². The summed E-state index contributed by atoms with van der Waals surface area (Å²) >= 11 is 3.10. The van der Waals surface area contributed by atoms with E-state index in [1.54, 1.807) is 24.1 Å². The number of amides is 1. The van der Waals surface area contributed by atoms with Crippen molar-refractivity contribution >= 4 is 27.9 Å². The molecule has 0 bridgehead atoms. The van der Waals surface area contributed by atoms with Gasteiger partial charge in [-0.2, -0.15) is 0 Å². The highest BCUT2D eigenvalue weighted by atomic mass is 79.9. The molecular weight excluding hydrogens is 249 g/mol. The largest absolute Gasteiger partial charge is 0.366 e. The quantitative estimate of drug-likeness (QED) is 0.870. The van der Waals surface area contributed by atoms with Gasteiger partial charge in [0.25, 0.3) is 5.91 Å². The van der Waals surface area contributed by atoms with Crippen molar-refractivity contribution in [2.24, 2.45) is 5.73 Å². The van der Waals surface area contributed by atoms with Gasteiger partial charge < -0.3 is 5.73 Å². The van der Waals surface area contributed by atoms with Crippen molar-refractivity contribution in [2.75, 3.05) is 0 Å². The summed E-state index contributed by atoms with van der Waals surface area (Å²) in [5.41, 5.74) is 6.05. The van der Waals surface area contributed by atoms with Crippen LogP contribution in [-0.4, -0.2) is 5.91 Å². The SMILES string of the molecule is Cc1c(C=CBr)ccc(C(N)=O)c1F. The lowest BCUT2D eigenvalue weighted by Crippen LogP contribution is -2.14. The number of rotatable bonds is 2. The zero-order chi connectivity index (χ0) is 10.7. The number of hydrogen-bond acceptors (Lipinski definition) is 1. The standard InChI is InChI=1S/C10H9BrFNO/c1-6-7(4-5-11)2-3-8(9(6)12)10(13)14/h2-5H,1H3,(H2,13,14). The zero-order valence-corrected chi connectivity index (χ0v) is 9.14. The highest BCUT2D eigenvalue weighted by Crippen LogP contribution is 2.18. The summed E-state index contributed by atoms with van der Waals surface area (Å²) in [6.45, 7) is 1.60. The maximum atomic E-state index is 13.5. The minimum Gasteiger partial charge on any atom is -0.366 e. The van der Waals surface area contributed by atoms with Crippen molar-refractivity contribution in [3.63, 3.8) is 0 Å². The van der Waals surface area contributed by atoms with E-state index in [1.807, 2.05) is 0 Å². The number of benzene rings is 1. The molecule has 74 valence electrons. The van der Waals surface area contributed by atoms with E-state index in [0.717, 1.165) is 0 Å². The lowest BCUT2D eigenvalue weighted by Gasteiger charge is -2.05. The van der Waals surface area contributed by atoms with Crippen LogP contribution in [0.4, 0.5) is 4.39 Å². The van der Waals surface area contributed by atoms with Crippen molar-refractivity contribution < 1.29 is 9.18 Å². The van der Waals surface area contributed by atoms with E-state index in [1.165, 1.54) is 6.07 Å². The fraction of sp³-hybridized carbons (Fsp3) is 0.100. The number of primary amides is 1. The first-order valence-corrected chi connectivity index (χ1v) is 4.85. The van der Waals surface area contributed by atoms with E-state index in [4.69, 9.17) is 5.73 Å². The maximum absolute atomic E-state index is 13.5. The molecule has 0 fully saturated rings. The molecule has 4 heteroatoms. The average molecular weight is 258 g/mol. The highest BCUT2D eigenvalue weighted by molar-refractivity contribution is 9.11. The van der Waals surface area contributed by atoms with Gasteiger partial charge in [-0.25, -0.2) is 4.39 Å². The number of carbonyl (C=O) groups excluding carboxylic acids is 1. The van der Waals surface area contributed by atoms with Gasteiger partial charge in [-0.05, 0) is 35.2 Å². The Morgan fingerprint density at radius 3 is 2.71 bits per heavy atom. The average Bonchev–Trinajstić information content (AvgIpc) is 2.13. The van der Waals surface area contributed by atoms with Gasteiger partial charge in [-0.3, -0.25) is 4.79 Å². The van der Waals surface area contributed by atoms with Crippen LogP contribution < -0.4 is 5.73 Å². The molecule has 0 atom stereocenters. The molecule has 0 aliphatic heterocycles. The van der Waals surface area contributed by atoms with Crippen LogP contribution in [0.15, 0.2) is 17.1 Å². The second-order valence-corrected chi connectivity index (χ2v) is 3.33. The van der Waals surface area contributed by atoms with E-state index in [9.17, 15) is 9.18 Å². The number of carbonyl (C=O) groups is 1. The van der Waals surface area contributed by atoms with Crippen LogP contribution in [0.1, 0.15) is 21.5 Å². The Hall–Kier alpha value is -1.16. The Kier molecular flexibility index (Phi) is 3.41. The molecule has 0 saturated heterocycles. The van der Waals surface area contributed by atoms with Gasteiger partial charge in [0, 0.05) is 0 Å². The zero-order valence-electron chi connectivity index (χ0n) is 7.55. The van der Waals surface area contributed by atoms with Crippen molar-refractivity contribution in [2.45, 2.75) is 6.92 Å². The van der Waals surface area contributed by atoms with Crippen LogP contribution in [0, 0.1) is 12.7 Å². The van der Waals surface area contributed by atoms with E-state index in [2.05, 4.69) is 15.9 Å². The Morgan fingerprint density at radius 1 is 1.57 bits per heavy atom. The molecule has 0 aliphatic rings. The molecule has 0 saturated carbocycles. The van der Waals surface area contributed by atoms with Gasteiger partial charge in [0.05, 0.1) is 5.56 Å². The molecule has 1 rings (SSSR count). The number of nitrogens with two attached hydrogens (primary N) is 1. The summed E-state index contributed by atoms with van der Waals surface area (Å²) in [6.07, 6.45) is 1.70. The Morgan fingerprint density at radius 2 is 2.21 bits per heavy atom. The predicted molar refractivity (Wildman–Crippen MR) is 57.6 cm³/mol. The van der Waals surface area contributed by atoms with E-state index in [0.29, 0.717) is 11.1 Å². The second kappa shape index (κ2) is 4.37. The summed E-state index contributed by atoms with van der Waals surface area (Å²) in [5.74, 6) is -1.31. The molecule has 0 unspecified atom stereocenters. The maximum Gasteiger partial charge on any atom is 0.251 e. The second-order valence-electron chi connectivity index (χ2n) is 2.80. The summed E-state index contributed by atoms with van der Waals surface area (Å²) in [6, 6.07) is 3.03. The number of halogens is 2. The van der Waals surface area contributed by atoms with Crippen molar-refractivity contribution in [3.05, 3.63) is 39.6 Å². The first kappa shape index (κ1) is 10.9. The third-order valence-electron chi connectivity index (χ3n) is 1.94. The van der Waals surface area contributed by atoms with Crippen molar-refractivity contribution in [3.8, 4) is 0 Å². The van der Waals surface area contributed by atoms with Crippen LogP contribution >= 0.6 is 15.9 Å². The molecular formula is C10H9BrFNO. The summed E-state index contributed by atoms with van der Waals surface area (Å²) in [7, 11) is 0. The van der Waals surface area contributed by atoms with Crippen molar-refractivity contribution in [1.82, 2.24) is 0 Å². The Labute approximate surface area is 89.7 Å². The molecule has 1 aromatic carbocycles. The fourth-order valence-electron chi connectivity index (χ4n) is 1.14. The van der Waals surface area contributed by atoms with Crippen LogP contribution in [-0.2, 0) is 0 Å². The molecule has 0 aromatic heterocycles. The molecule has 1 amide bonds. The molecule has 14 heavy (non-hydrogen) atoms. The van der Waals surface area contributed by atoms with E-state index in [-0.39, 0.29) is 5.56 Å². The minimum absolute atomic E-state index is 0.0748. The third kappa shape index (κ3) is 2.01. The van der Waals surface area contributed by atoms with Gasteiger partial charge >= 0.3 is 0 Å². The monoisotopic (exact) mass is 257 g/mol. The summed E-state index contributed by atoms with van der Waals surface area (Å²) < 4.78 is 13.5.